The normalized spacial score (nSPS) is 11.8. The van der Waals surface area contributed by atoms with E-state index < -0.39 is 17.6 Å². The van der Waals surface area contributed by atoms with Crippen molar-refractivity contribution in [1.29, 1.82) is 0 Å². The Hall–Kier alpha value is -0.330. The van der Waals surface area contributed by atoms with Gasteiger partial charge in [0, 0.05) is 3.57 Å². The van der Waals surface area contributed by atoms with Crippen LogP contribution >= 0.6 is 22.6 Å². The van der Waals surface area contributed by atoms with Gasteiger partial charge in [0.25, 0.3) is 0 Å². The van der Waals surface area contributed by atoms with Gasteiger partial charge in [0.1, 0.15) is 5.82 Å². The molecule has 0 saturated heterocycles. The van der Waals surface area contributed by atoms with Crippen molar-refractivity contribution < 1.29 is 17.6 Å². The van der Waals surface area contributed by atoms with Crippen LogP contribution in [0.3, 0.4) is 0 Å². The van der Waals surface area contributed by atoms with E-state index in [4.69, 9.17) is 0 Å². The summed E-state index contributed by atoms with van der Waals surface area (Å²) in [7, 11) is 0. The number of halogens is 5. The van der Waals surface area contributed by atoms with Crippen molar-refractivity contribution in [3.05, 3.63) is 33.1 Å². The van der Waals surface area contributed by atoms with Crippen molar-refractivity contribution in [2.45, 2.75) is 6.18 Å². The van der Waals surface area contributed by atoms with E-state index in [-0.39, 0.29) is 3.57 Å². The fourth-order valence-electron chi connectivity index (χ4n) is 0.672. The molecule has 0 spiro atoms. The van der Waals surface area contributed by atoms with E-state index in [2.05, 4.69) is 0 Å². The molecule has 5 heteroatoms. The highest BCUT2D eigenvalue weighted by atomic mass is 127. The number of hydrogen-bond acceptors (Lipinski definition) is 0. The third kappa shape index (κ3) is 2.09. The Kier molecular flexibility index (Phi) is 2.60. The molecule has 1 aromatic rings. The standard InChI is InChI=1S/C7H3F4I/c8-5-3-4(7(9,10)11)1-2-6(5)12/h1-3H. The third-order valence-electron chi connectivity index (χ3n) is 1.25. The molecule has 0 atom stereocenters. The maximum absolute atomic E-state index is 12.6. The monoisotopic (exact) mass is 290 g/mol. The van der Waals surface area contributed by atoms with Gasteiger partial charge >= 0.3 is 6.18 Å². The summed E-state index contributed by atoms with van der Waals surface area (Å²) in [6.45, 7) is 0. The summed E-state index contributed by atoms with van der Waals surface area (Å²) in [5.74, 6) is -0.842. The van der Waals surface area contributed by atoms with E-state index >= 15 is 0 Å². The molecule has 0 unspecified atom stereocenters. The van der Waals surface area contributed by atoms with Gasteiger partial charge in [0.15, 0.2) is 0 Å². The molecule has 0 aromatic heterocycles. The maximum atomic E-state index is 12.6. The van der Waals surface area contributed by atoms with Crippen molar-refractivity contribution in [1.82, 2.24) is 0 Å². The molecule has 0 saturated carbocycles. The van der Waals surface area contributed by atoms with Crippen LogP contribution in [0.25, 0.3) is 0 Å². The number of benzene rings is 1. The molecule has 0 fully saturated rings. The molecule has 0 amide bonds. The Morgan fingerprint density at radius 1 is 1.17 bits per heavy atom. The van der Waals surface area contributed by atoms with Crippen molar-refractivity contribution in [2.24, 2.45) is 0 Å². The lowest BCUT2D eigenvalue weighted by Crippen LogP contribution is -2.05. The zero-order valence-corrected chi connectivity index (χ0v) is 7.78. The van der Waals surface area contributed by atoms with Crippen molar-refractivity contribution in [3.63, 3.8) is 0 Å². The lowest BCUT2D eigenvalue weighted by atomic mass is 10.2. The van der Waals surface area contributed by atoms with Crippen LogP contribution < -0.4 is 0 Å². The Morgan fingerprint density at radius 3 is 2.17 bits per heavy atom. The van der Waals surface area contributed by atoms with Crippen LogP contribution in [0.15, 0.2) is 18.2 Å². The fourth-order valence-corrected chi connectivity index (χ4v) is 1.01. The Morgan fingerprint density at radius 2 is 1.75 bits per heavy atom. The summed E-state index contributed by atoms with van der Waals surface area (Å²) in [5, 5.41) is 0. The van der Waals surface area contributed by atoms with Gasteiger partial charge < -0.3 is 0 Å². The summed E-state index contributed by atoms with van der Waals surface area (Å²) >= 11 is 1.63. The Balaban J connectivity index is 3.14. The molecule has 0 bridgehead atoms. The SMILES string of the molecule is Fc1cc(C(F)(F)F)ccc1I. The van der Waals surface area contributed by atoms with Gasteiger partial charge in [0.2, 0.25) is 0 Å². The van der Waals surface area contributed by atoms with Crippen LogP contribution in [0, 0.1) is 9.39 Å². The van der Waals surface area contributed by atoms with Gasteiger partial charge in [-0.2, -0.15) is 13.2 Å². The molecule has 0 heterocycles. The third-order valence-corrected chi connectivity index (χ3v) is 2.12. The molecule has 66 valence electrons. The molecular formula is C7H3F4I. The van der Waals surface area contributed by atoms with Crippen LogP contribution in [0.2, 0.25) is 0 Å². The molecule has 0 radical (unpaired) electrons. The van der Waals surface area contributed by atoms with E-state index in [1.54, 1.807) is 22.6 Å². The molecule has 0 nitrogen and oxygen atoms in total. The first-order valence-corrected chi connectivity index (χ1v) is 4.01. The minimum Gasteiger partial charge on any atom is -0.206 e. The van der Waals surface area contributed by atoms with Crippen molar-refractivity contribution in [3.8, 4) is 0 Å². The lowest BCUT2D eigenvalue weighted by Gasteiger charge is -2.06. The summed E-state index contributed by atoms with van der Waals surface area (Å²) in [4.78, 5) is 0. The average molecular weight is 290 g/mol. The van der Waals surface area contributed by atoms with Crippen LogP contribution in [0.5, 0.6) is 0 Å². The second-order valence-electron chi connectivity index (χ2n) is 2.13. The van der Waals surface area contributed by atoms with Gasteiger partial charge in [-0.3, -0.25) is 0 Å². The zero-order valence-electron chi connectivity index (χ0n) is 5.62. The topological polar surface area (TPSA) is 0 Å². The second-order valence-corrected chi connectivity index (χ2v) is 3.29. The minimum absolute atomic E-state index is 0.181. The minimum atomic E-state index is -4.47. The fraction of sp³-hybridized carbons (Fsp3) is 0.143. The van der Waals surface area contributed by atoms with Crippen LogP contribution in [0.1, 0.15) is 5.56 Å². The highest BCUT2D eigenvalue weighted by molar-refractivity contribution is 14.1. The first-order chi connectivity index (χ1) is 5.41. The van der Waals surface area contributed by atoms with Crippen molar-refractivity contribution in [2.75, 3.05) is 0 Å². The predicted octanol–water partition coefficient (Wildman–Crippen LogP) is 3.45. The molecule has 0 aliphatic heterocycles. The molecule has 0 N–H and O–H groups in total. The first kappa shape index (κ1) is 9.76. The van der Waals surface area contributed by atoms with E-state index in [9.17, 15) is 17.6 Å². The number of alkyl halides is 3. The van der Waals surface area contributed by atoms with Gasteiger partial charge in [-0.25, -0.2) is 4.39 Å². The van der Waals surface area contributed by atoms with Crippen molar-refractivity contribution >= 4 is 22.6 Å². The molecule has 1 aromatic carbocycles. The van der Waals surface area contributed by atoms with E-state index in [1.165, 1.54) is 0 Å². The van der Waals surface area contributed by atoms with Gasteiger partial charge in [-0.15, -0.1) is 0 Å². The maximum Gasteiger partial charge on any atom is 0.416 e. The summed E-state index contributed by atoms with van der Waals surface area (Å²) in [6, 6.07) is 2.44. The summed E-state index contributed by atoms with van der Waals surface area (Å²) < 4.78 is 48.6. The van der Waals surface area contributed by atoms with E-state index in [0.717, 1.165) is 12.1 Å². The summed E-state index contributed by atoms with van der Waals surface area (Å²) in [6.07, 6.45) is -4.47. The predicted molar refractivity (Wildman–Crippen MR) is 44.1 cm³/mol. The highest BCUT2D eigenvalue weighted by Gasteiger charge is 2.30. The molecule has 0 aliphatic rings. The smallest absolute Gasteiger partial charge is 0.206 e. The average Bonchev–Trinajstić information content (AvgIpc) is 1.92. The van der Waals surface area contributed by atoms with E-state index in [1.807, 2.05) is 0 Å². The first-order valence-electron chi connectivity index (χ1n) is 2.93. The van der Waals surface area contributed by atoms with Gasteiger partial charge in [-0.05, 0) is 40.8 Å². The second kappa shape index (κ2) is 3.20. The zero-order chi connectivity index (χ0) is 9.35. The highest BCUT2D eigenvalue weighted by Crippen LogP contribution is 2.30. The molecule has 1 rings (SSSR count). The van der Waals surface area contributed by atoms with Crippen LogP contribution in [-0.4, -0.2) is 0 Å². The molecule has 12 heavy (non-hydrogen) atoms. The Bertz CT molecular complexity index is 292. The quantitative estimate of drug-likeness (QED) is 0.507. The van der Waals surface area contributed by atoms with Gasteiger partial charge in [0.05, 0.1) is 5.56 Å². The number of hydrogen-bond donors (Lipinski definition) is 0. The Labute approximate surface area is 79.7 Å². The summed E-state index contributed by atoms with van der Waals surface area (Å²) in [5.41, 5.74) is -0.958. The molecule has 0 aliphatic carbocycles. The van der Waals surface area contributed by atoms with Crippen LogP contribution in [0.4, 0.5) is 17.6 Å². The van der Waals surface area contributed by atoms with Crippen LogP contribution in [-0.2, 0) is 6.18 Å². The lowest BCUT2D eigenvalue weighted by molar-refractivity contribution is -0.137. The van der Waals surface area contributed by atoms with E-state index in [0.29, 0.717) is 6.07 Å². The largest absolute Gasteiger partial charge is 0.416 e. The van der Waals surface area contributed by atoms with Gasteiger partial charge in [-0.1, -0.05) is 0 Å². The molecular weight excluding hydrogens is 287 g/mol. The number of rotatable bonds is 0.